The second-order valence-electron chi connectivity index (χ2n) is 7.21. The van der Waals surface area contributed by atoms with Crippen LogP contribution < -0.4 is 5.32 Å². The molecule has 0 aromatic heterocycles. The number of nitrogens with one attached hydrogen (secondary N) is 1. The number of phosphoric acid groups is 1. The summed E-state index contributed by atoms with van der Waals surface area (Å²) < 4.78 is 25.7. The van der Waals surface area contributed by atoms with Crippen molar-refractivity contribution in [3.05, 3.63) is 0 Å². The molecule has 3 unspecified atom stereocenters. The summed E-state index contributed by atoms with van der Waals surface area (Å²) in [5.74, 6) is -2.60. The molecule has 0 aromatic rings. The number of rotatable bonds is 19. The first kappa shape index (κ1) is 29.5. The summed E-state index contributed by atoms with van der Waals surface area (Å²) in [6, 6.07) is -1.54. The zero-order chi connectivity index (χ0) is 23.7. The van der Waals surface area contributed by atoms with Crippen molar-refractivity contribution in [2.45, 2.75) is 83.8 Å². The standard InChI is InChI=1S/C19H36NO10P/c1-3-4-5-6-7-8-9-10-11-18(23)28-12-16(22)13-29-31(26,27)30-14-17(19(24)25)20-15(2)21/h16-17,22H,3-14H2,1-2H3,(H,20,21)(H,24,25)(H,26,27). The Kier molecular flexibility index (Phi) is 16.2. The van der Waals surface area contributed by atoms with Crippen LogP contribution in [0, 0.1) is 0 Å². The average molecular weight is 469 g/mol. The molecule has 0 rings (SSSR count). The molecule has 0 fully saturated rings. The molecule has 0 aliphatic heterocycles. The number of hydrogen-bond acceptors (Lipinski definition) is 8. The summed E-state index contributed by atoms with van der Waals surface area (Å²) in [6.45, 7) is 1.34. The van der Waals surface area contributed by atoms with E-state index in [9.17, 15) is 28.9 Å². The number of ether oxygens (including phenoxy) is 1. The first-order valence-corrected chi connectivity index (χ1v) is 12.0. The minimum atomic E-state index is -4.68. The lowest BCUT2D eigenvalue weighted by molar-refractivity contribution is -0.147. The second kappa shape index (κ2) is 17.1. The van der Waals surface area contributed by atoms with Crippen molar-refractivity contribution < 1.29 is 47.8 Å². The van der Waals surface area contributed by atoms with Crippen molar-refractivity contribution >= 4 is 25.7 Å². The topological polar surface area (TPSA) is 169 Å². The van der Waals surface area contributed by atoms with Crippen molar-refractivity contribution in [1.29, 1.82) is 0 Å². The number of aliphatic hydroxyl groups excluding tert-OH is 1. The first-order chi connectivity index (χ1) is 14.6. The van der Waals surface area contributed by atoms with Crippen LogP contribution in [0.15, 0.2) is 0 Å². The van der Waals surface area contributed by atoms with Gasteiger partial charge in [0.2, 0.25) is 5.91 Å². The number of aliphatic hydroxyl groups is 1. The summed E-state index contributed by atoms with van der Waals surface area (Å²) in [6.07, 6.45) is 7.57. The fourth-order valence-electron chi connectivity index (χ4n) is 2.52. The minimum Gasteiger partial charge on any atom is -0.480 e. The zero-order valence-corrected chi connectivity index (χ0v) is 19.2. The van der Waals surface area contributed by atoms with Gasteiger partial charge >= 0.3 is 19.8 Å². The molecule has 0 aliphatic carbocycles. The molecule has 12 heteroatoms. The molecule has 31 heavy (non-hydrogen) atoms. The highest BCUT2D eigenvalue weighted by molar-refractivity contribution is 7.47. The smallest absolute Gasteiger partial charge is 0.472 e. The zero-order valence-electron chi connectivity index (χ0n) is 18.3. The average Bonchev–Trinajstić information content (AvgIpc) is 2.69. The van der Waals surface area contributed by atoms with Gasteiger partial charge in [-0.2, -0.15) is 0 Å². The van der Waals surface area contributed by atoms with Gasteiger partial charge in [0.05, 0.1) is 13.2 Å². The van der Waals surface area contributed by atoms with Crippen LogP contribution in [-0.4, -0.2) is 64.9 Å². The highest BCUT2D eigenvalue weighted by Gasteiger charge is 2.28. The number of aliphatic carboxylic acids is 1. The van der Waals surface area contributed by atoms with Crippen molar-refractivity contribution in [2.75, 3.05) is 19.8 Å². The summed E-state index contributed by atoms with van der Waals surface area (Å²) in [5, 5.41) is 20.6. The van der Waals surface area contributed by atoms with Crippen molar-refractivity contribution in [2.24, 2.45) is 0 Å². The molecule has 0 radical (unpaired) electrons. The van der Waals surface area contributed by atoms with Gasteiger partial charge in [0, 0.05) is 13.3 Å². The van der Waals surface area contributed by atoms with Crippen molar-refractivity contribution in [1.82, 2.24) is 5.32 Å². The fraction of sp³-hybridized carbons (Fsp3) is 0.842. The number of carboxylic acids is 1. The molecular weight excluding hydrogens is 433 g/mol. The largest absolute Gasteiger partial charge is 0.480 e. The van der Waals surface area contributed by atoms with Gasteiger partial charge in [0.1, 0.15) is 12.7 Å². The molecule has 182 valence electrons. The van der Waals surface area contributed by atoms with E-state index in [-0.39, 0.29) is 6.42 Å². The number of hydrogen-bond donors (Lipinski definition) is 4. The summed E-state index contributed by atoms with van der Waals surface area (Å²) in [5.41, 5.74) is 0. The third kappa shape index (κ3) is 17.8. The van der Waals surface area contributed by atoms with Crippen molar-refractivity contribution in [3.63, 3.8) is 0 Å². The fourth-order valence-corrected chi connectivity index (χ4v) is 3.29. The van der Waals surface area contributed by atoms with E-state index >= 15 is 0 Å². The van der Waals surface area contributed by atoms with Crippen LogP contribution in [0.3, 0.4) is 0 Å². The highest BCUT2D eigenvalue weighted by atomic mass is 31.2. The Labute approximate surface area is 183 Å². The third-order valence-electron chi connectivity index (χ3n) is 4.18. The third-order valence-corrected chi connectivity index (χ3v) is 5.13. The summed E-state index contributed by atoms with van der Waals surface area (Å²) >= 11 is 0. The number of carboxylic acid groups (broad SMARTS) is 1. The maximum atomic E-state index is 11.7. The maximum absolute atomic E-state index is 11.7. The summed E-state index contributed by atoms with van der Waals surface area (Å²) in [7, 11) is -4.68. The van der Waals surface area contributed by atoms with Gasteiger partial charge < -0.3 is 25.2 Å². The molecule has 0 aliphatic rings. The lowest BCUT2D eigenvalue weighted by atomic mass is 10.1. The van der Waals surface area contributed by atoms with E-state index in [4.69, 9.17) is 9.84 Å². The predicted molar refractivity (Wildman–Crippen MR) is 111 cm³/mol. The van der Waals surface area contributed by atoms with E-state index in [0.29, 0.717) is 6.42 Å². The quantitative estimate of drug-likeness (QED) is 0.125. The van der Waals surface area contributed by atoms with E-state index < -0.39 is 57.6 Å². The van der Waals surface area contributed by atoms with E-state index in [1.165, 1.54) is 25.7 Å². The van der Waals surface area contributed by atoms with Gasteiger partial charge in [-0.15, -0.1) is 0 Å². The number of phosphoric ester groups is 1. The monoisotopic (exact) mass is 469 g/mol. The van der Waals surface area contributed by atoms with Crippen LogP contribution in [0.4, 0.5) is 0 Å². The van der Waals surface area contributed by atoms with E-state index in [0.717, 1.165) is 26.2 Å². The minimum absolute atomic E-state index is 0.226. The lowest BCUT2D eigenvalue weighted by Gasteiger charge is -2.18. The molecule has 0 spiro atoms. The Morgan fingerprint density at radius 1 is 0.935 bits per heavy atom. The number of esters is 1. The van der Waals surface area contributed by atoms with Crippen molar-refractivity contribution in [3.8, 4) is 0 Å². The van der Waals surface area contributed by atoms with Gasteiger partial charge in [0.25, 0.3) is 0 Å². The maximum Gasteiger partial charge on any atom is 0.472 e. The molecule has 0 bridgehead atoms. The lowest BCUT2D eigenvalue weighted by Crippen LogP contribution is -2.42. The molecule has 11 nitrogen and oxygen atoms in total. The van der Waals surface area contributed by atoms with Crippen LogP contribution in [0.25, 0.3) is 0 Å². The van der Waals surface area contributed by atoms with Crippen LogP contribution in [0.1, 0.15) is 71.6 Å². The summed E-state index contributed by atoms with van der Waals surface area (Å²) in [4.78, 5) is 43.0. The van der Waals surface area contributed by atoms with Crippen LogP contribution >= 0.6 is 7.82 Å². The van der Waals surface area contributed by atoms with E-state index in [1.54, 1.807) is 0 Å². The Bertz CT molecular complexity index is 586. The SMILES string of the molecule is CCCCCCCCCCC(=O)OCC(O)COP(=O)(O)OCC(NC(C)=O)C(=O)O. The molecule has 0 aromatic carbocycles. The second-order valence-corrected chi connectivity index (χ2v) is 8.67. The molecular formula is C19H36NO10P. The molecule has 0 saturated heterocycles. The number of amides is 1. The van der Waals surface area contributed by atoms with E-state index in [2.05, 4.69) is 16.0 Å². The predicted octanol–water partition coefficient (Wildman–Crippen LogP) is 2.14. The van der Waals surface area contributed by atoms with Gasteiger partial charge in [-0.05, 0) is 6.42 Å². The van der Waals surface area contributed by atoms with Gasteiger partial charge in [0.15, 0.2) is 6.04 Å². The molecule has 1 amide bonds. The van der Waals surface area contributed by atoms with Gasteiger partial charge in [-0.25, -0.2) is 9.36 Å². The Morgan fingerprint density at radius 3 is 2.03 bits per heavy atom. The highest BCUT2D eigenvalue weighted by Crippen LogP contribution is 2.43. The molecule has 4 N–H and O–H groups in total. The number of unbranched alkanes of at least 4 members (excludes halogenated alkanes) is 7. The van der Waals surface area contributed by atoms with Crippen LogP contribution in [0.5, 0.6) is 0 Å². The van der Waals surface area contributed by atoms with Crippen LogP contribution in [-0.2, 0) is 32.7 Å². The normalized spacial score (nSPS) is 15.0. The van der Waals surface area contributed by atoms with Crippen LogP contribution in [0.2, 0.25) is 0 Å². The first-order valence-electron chi connectivity index (χ1n) is 10.5. The molecule has 3 atom stereocenters. The molecule has 0 heterocycles. The van der Waals surface area contributed by atoms with E-state index in [1.807, 2.05) is 5.32 Å². The number of carbonyl (C=O) groups excluding carboxylic acids is 2. The van der Waals surface area contributed by atoms with Gasteiger partial charge in [-0.1, -0.05) is 51.9 Å². The Hall–Kier alpha value is -1.52. The Balaban J connectivity index is 3.96. The molecule has 0 saturated carbocycles. The van der Waals surface area contributed by atoms with Gasteiger partial charge in [-0.3, -0.25) is 18.6 Å². The Morgan fingerprint density at radius 2 is 1.48 bits per heavy atom. The number of carbonyl (C=O) groups is 3.